The largest absolute Gasteiger partial charge is 0.497 e. The third-order valence-corrected chi connectivity index (χ3v) is 4.05. The molecule has 0 aliphatic heterocycles. The summed E-state index contributed by atoms with van der Waals surface area (Å²) in [4.78, 5) is 16.9. The van der Waals surface area contributed by atoms with E-state index in [0.29, 0.717) is 17.3 Å². The molecule has 1 N–H and O–H groups in total. The lowest BCUT2D eigenvalue weighted by molar-refractivity contribution is 0.0895. The molecule has 26 heavy (non-hydrogen) atoms. The zero-order chi connectivity index (χ0) is 18.7. The van der Waals surface area contributed by atoms with E-state index >= 15 is 0 Å². The predicted molar refractivity (Wildman–Crippen MR) is 98.0 cm³/mol. The number of ether oxygens (including phenoxy) is 1. The van der Waals surface area contributed by atoms with Gasteiger partial charge in [-0.15, -0.1) is 0 Å². The fraction of sp³-hybridized carbons (Fsp3) is 0.250. The maximum Gasteiger partial charge on any atom is 0.252 e. The number of hydrogen-bond donors (Lipinski definition) is 1. The van der Waals surface area contributed by atoms with Gasteiger partial charge in [0.1, 0.15) is 11.3 Å². The van der Waals surface area contributed by atoms with E-state index in [0.717, 1.165) is 16.9 Å². The van der Waals surface area contributed by atoms with Gasteiger partial charge in [-0.05, 0) is 57.2 Å². The smallest absolute Gasteiger partial charge is 0.252 e. The van der Waals surface area contributed by atoms with Gasteiger partial charge in [-0.2, -0.15) is 4.98 Å². The van der Waals surface area contributed by atoms with E-state index in [1.807, 2.05) is 57.2 Å². The fourth-order valence-electron chi connectivity index (χ4n) is 2.45. The molecule has 0 bridgehead atoms. The van der Waals surface area contributed by atoms with Gasteiger partial charge >= 0.3 is 0 Å². The molecule has 1 aromatic heterocycles. The van der Waals surface area contributed by atoms with Crippen LogP contribution in [0.5, 0.6) is 5.75 Å². The molecule has 2 aromatic carbocycles. The number of benzene rings is 2. The topological polar surface area (TPSA) is 77.3 Å². The monoisotopic (exact) mass is 351 g/mol. The van der Waals surface area contributed by atoms with Gasteiger partial charge in [0.15, 0.2) is 0 Å². The molecule has 0 atom stereocenters. The molecule has 0 aliphatic rings. The Labute approximate surface area is 152 Å². The van der Waals surface area contributed by atoms with Crippen molar-refractivity contribution in [2.45, 2.75) is 26.3 Å². The molecule has 0 fully saturated rings. The van der Waals surface area contributed by atoms with E-state index in [4.69, 9.17) is 9.26 Å². The highest BCUT2D eigenvalue weighted by molar-refractivity contribution is 5.94. The number of hydrogen-bond acceptors (Lipinski definition) is 5. The zero-order valence-electron chi connectivity index (χ0n) is 15.2. The van der Waals surface area contributed by atoms with Gasteiger partial charge in [-0.3, -0.25) is 4.79 Å². The van der Waals surface area contributed by atoms with Crippen molar-refractivity contribution >= 4 is 5.91 Å². The summed E-state index contributed by atoms with van der Waals surface area (Å²) in [5.74, 6) is 1.35. The second-order valence-corrected chi connectivity index (χ2v) is 6.60. The average molecular weight is 351 g/mol. The quantitative estimate of drug-likeness (QED) is 0.758. The molecule has 1 amide bonds. The van der Waals surface area contributed by atoms with Gasteiger partial charge in [-0.1, -0.05) is 22.9 Å². The van der Waals surface area contributed by atoms with Crippen molar-refractivity contribution in [2.75, 3.05) is 7.11 Å². The van der Waals surface area contributed by atoms with Crippen LogP contribution in [0.25, 0.3) is 11.4 Å². The summed E-state index contributed by atoms with van der Waals surface area (Å²) < 4.78 is 10.5. The lowest BCUT2D eigenvalue weighted by atomic mass is 10.0. The van der Waals surface area contributed by atoms with E-state index in [2.05, 4.69) is 15.5 Å². The Morgan fingerprint density at radius 1 is 1.08 bits per heavy atom. The van der Waals surface area contributed by atoms with Crippen molar-refractivity contribution < 1.29 is 14.1 Å². The second kappa shape index (κ2) is 7.00. The van der Waals surface area contributed by atoms with Crippen LogP contribution >= 0.6 is 0 Å². The molecular weight excluding hydrogens is 330 g/mol. The first kappa shape index (κ1) is 17.7. The first-order valence-corrected chi connectivity index (χ1v) is 8.27. The molecule has 1 heterocycles. The van der Waals surface area contributed by atoms with Crippen LogP contribution in [0.15, 0.2) is 53.1 Å². The molecule has 0 spiro atoms. The minimum atomic E-state index is -0.806. The van der Waals surface area contributed by atoms with Crippen molar-refractivity contribution in [3.63, 3.8) is 0 Å². The molecule has 6 heteroatoms. The van der Waals surface area contributed by atoms with Gasteiger partial charge in [-0.25, -0.2) is 0 Å². The molecule has 0 saturated heterocycles. The standard InChI is InChI=1S/C20H21N3O3/c1-13-5-7-15(8-6-13)18(24)22-20(2,3)19-21-17(23-26-19)14-9-11-16(25-4)12-10-14/h5-12H,1-4H3,(H,22,24). The Morgan fingerprint density at radius 3 is 2.35 bits per heavy atom. The first-order chi connectivity index (χ1) is 12.4. The van der Waals surface area contributed by atoms with Crippen molar-refractivity contribution in [1.82, 2.24) is 15.5 Å². The van der Waals surface area contributed by atoms with Crippen LogP contribution in [0.2, 0.25) is 0 Å². The number of nitrogens with one attached hydrogen (secondary N) is 1. The molecule has 0 unspecified atom stereocenters. The molecule has 0 aliphatic carbocycles. The fourth-order valence-corrected chi connectivity index (χ4v) is 2.45. The van der Waals surface area contributed by atoms with E-state index in [9.17, 15) is 4.79 Å². The Hall–Kier alpha value is -3.15. The SMILES string of the molecule is COc1ccc(-c2noc(C(C)(C)NC(=O)c3ccc(C)cc3)n2)cc1. The van der Waals surface area contributed by atoms with E-state index in [1.165, 1.54) is 0 Å². The number of carbonyl (C=O) groups is 1. The van der Waals surface area contributed by atoms with Crippen LogP contribution in [0.4, 0.5) is 0 Å². The summed E-state index contributed by atoms with van der Waals surface area (Å²) in [6, 6.07) is 14.7. The van der Waals surface area contributed by atoms with Gasteiger partial charge in [0.2, 0.25) is 5.82 Å². The molecule has 134 valence electrons. The number of carbonyl (C=O) groups excluding carboxylic acids is 1. The average Bonchev–Trinajstić information content (AvgIpc) is 3.13. The molecule has 6 nitrogen and oxygen atoms in total. The number of amides is 1. The van der Waals surface area contributed by atoms with Crippen molar-refractivity contribution in [1.29, 1.82) is 0 Å². The van der Waals surface area contributed by atoms with Gasteiger partial charge in [0.25, 0.3) is 11.8 Å². The van der Waals surface area contributed by atoms with E-state index < -0.39 is 5.54 Å². The maximum absolute atomic E-state index is 12.5. The Kier molecular flexibility index (Phi) is 4.75. The number of aromatic nitrogens is 2. The minimum Gasteiger partial charge on any atom is -0.497 e. The molecule has 3 rings (SSSR count). The molecule has 0 radical (unpaired) electrons. The Balaban J connectivity index is 1.77. The normalized spacial score (nSPS) is 11.2. The Bertz CT molecular complexity index is 897. The van der Waals surface area contributed by atoms with Crippen LogP contribution in [0.1, 0.15) is 35.7 Å². The lowest BCUT2D eigenvalue weighted by Gasteiger charge is -2.21. The summed E-state index contributed by atoms with van der Waals surface area (Å²) in [5.41, 5.74) is 1.68. The lowest BCUT2D eigenvalue weighted by Crippen LogP contribution is -2.41. The summed E-state index contributed by atoms with van der Waals surface area (Å²) in [6.07, 6.45) is 0. The van der Waals surface area contributed by atoms with Crippen LogP contribution < -0.4 is 10.1 Å². The third kappa shape index (κ3) is 3.74. The van der Waals surface area contributed by atoms with E-state index in [-0.39, 0.29) is 5.91 Å². The number of aryl methyl sites for hydroxylation is 1. The maximum atomic E-state index is 12.5. The van der Waals surface area contributed by atoms with Gasteiger partial charge < -0.3 is 14.6 Å². The van der Waals surface area contributed by atoms with Crippen LogP contribution in [-0.4, -0.2) is 23.2 Å². The highest BCUT2D eigenvalue weighted by Crippen LogP contribution is 2.24. The predicted octanol–water partition coefficient (Wildman–Crippen LogP) is 3.72. The van der Waals surface area contributed by atoms with Crippen molar-refractivity contribution in [2.24, 2.45) is 0 Å². The number of methoxy groups -OCH3 is 1. The molecule has 0 saturated carbocycles. The molecular formula is C20H21N3O3. The highest BCUT2D eigenvalue weighted by Gasteiger charge is 2.30. The molecule has 3 aromatic rings. The third-order valence-electron chi connectivity index (χ3n) is 4.05. The minimum absolute atomic E-state index is 0.195. The second-order valence-electron chi connectivity index (χ2n) is 6.60. The summed E-state index contributed by atoms with van der Waals surface area (Å²) in [6.45, 7) is 5.62. The van der Waals surface area contributed by atoms with Crippen LogP contribution in [0, 0.1) is 6.92 Å². The van der Waals surface area contributed by atoms with Crippen LogP contribution in [-0.2, 0) is 5.54 Å². The van der Waals surface area contributed by atoms with Gasteiger partial charge in [0, 0.05) is 11.1 Å². The number of nitrogens with zero attached hydrogens (tertiary/aromatic N) is 2. The highest BCUT2D eigenvalue weighted by atomic mass is 16.5. The van der Waals surface area contributed by atoms with Crippen molar-refractivity contribution in [3.8, 4) is 17.1 Å². The van der Waals surface area contributed by atoms with E-state index in [1.54, 1.807) is 19.2 Å². The van der Waals surface area contributed by atoms with Gasteiger partial charge in [0.05, 0.1) is 7.11 Å². The van der Waals surface area contributed by atoms with Crippen molar-refractivity contribution in [3.05, 3.63) is 65.5 Å². The summed E-state index contributed by atoms with van der Waals surface area (Å²) in [5, 5.41) is 6.96. The van der Waals surface area contributed by atoms with Crippen LogP contribution in [0.3, 0.4) is 0 Å². The summed E-state index contributed by atoms with van der Waals surface area (Å²) in [7, 11) is 1.61. The first-order valence-electron chi connectivity index (χ1n) is 8.27. The Morgan fingerprint density at radius 2 is 1.73 bits per heavy atom. The number of rotatable bonds is 5. The summed E-state index contributed by atoms with van der Waals surface area (Å²) >= 11 is 0. The zero-order valence-corrected chi connectivity index (χ0v) is 15.2.